The lowest BCUT2D eigenvalue weighted by molar-refractivity contribution is -0.306. The number of carboxylic acid groups (broad SMARTS) is 1. The molecule has 0 spiro atoms. The number of carbonyl (C=O) groups is 5. The summed E-state index contributed by atoms with van der Waals surface area (Å²) >= 11 is 0. The van der Waals surface area contributed by atoms with E-state index in [-0.39, 0.29) is 11.1 Å². The van der Waals surface area contributed by atoms with E-state index >= 15 is 0 Å². The van der Waals surface area contributed by atoms with Gasteiger partial charge in [-0.1, -0.05) is 30.3 Å². The predicted octanol–water partition coefficient (Wildman–Crippen LogP) is 3.54. The number of ether oxygens (including phenoxy) is 5. The van der Waals surface area contributed by atoms with Crippen molar-refractivity contribution in [3.8, 4) is 11.1 Å². The quantitative estimate of drug-likeness (QED) is 0.265. The second-order valence-corrected chi connectivity index (χ2v) is 10.1. The molecule has 246 valence electrons. The Bertz CT molecular complexity index is 1650. The maximum atomic E-state index is 14.3. The Hall–Kier alpha value is -5.12. The molecule has 1 aromatic heterocycles. The molecular weight excluding hydrogens is 623 g/mol. The Morgan fingerprint density at radius 1 is 0.804 bits per heavy atom. The fourth-order valence-corrected chi connectivity index (χ4v) is 4.95. The molecule has 5 atom stereocenters. The molecule has 1 aliphatic rings. The Labute approximate surface area is 258 Å². The second kappa shape index (κ2) is 13.5. The van der Waals surface area contributed by atoms with Crippen molar-refractivity contribution in [3.05, 3.63) is 59.8 Å². The van der Waals surface area contributed by atoms with Crippen molar-refractivity contribution in [3.63, 3.8) is 0 Å². The van der Waals surface area contributed by atoms with Gasteiger partial charge in [0.2, 0.25) is 6.10 Å². The lowest BCUT2D eigenvalue weighted by Gasteiger charge is -2.43. The van der Waals surface area contributed by atoms with Gasteiger partial charge in [0.1, 0.15) is 12.7 Å². The minimum absolute atomic E-state index is 0.0573. The summed E-state index contributed by atoms with van der Waals surface area (Å²) in [5.74, 6) is -5.29. The van der Waals surface area contributed by atoms with Crippen LogP contribution in [-0.4, -0.2) is 77.0 Å². The van der Waals surface area contributed by atoms with Crippen molar-refractivity contribution in [2.24, 2.45) is 0 Å². The zero-order valence-electron chi connectivity index (χ0n) is 24.7. The lowest BCUT2D eigenvalue weighted by Crippen LogP contribution is -2.64. The van der Waals surface area contributed by atoms with E-state index in [1.807, 2.05) is 0 Å². The molecular formula is C30H28F3NO12. The second-order valence-electron chi connectivity index (χ2n) is 10.1. The van der Waals surface area contributed by atoms with Crippen LogP contribution < -0.4 is 4.84 Å². The van der Waals surface area contributed by atoms with Crippen molar-refractivity contribution < 1.29 is 70.8 Å². The van der Waals surface area contributed by atoms with Gasteiger partial charge in [0.15, 0.2) is 17.9 Å². The van der Waals surface area contributed by atoms with E-state index < -0.39 is 90.0 Å². The molecule has 0 aliphatic carbocycles. The number of alkyl halides is 3. The first-order chi connectivity index (χ1) is 21.6. The average molecular weight is 652 g/mol. The van der Waals surface area contributed by atoms with Crippen LogP contribution >= 0.6 is 0 Å². The predicted molar refractivity (Wildman–Crippen MR) is 148 cm³/mol. The number of hydrogen-bond acceptors (Lipinski definition) is 11. The molecule has 4 rings (SSSR count). The van der Waals surface area contributed by atoms with Crippen LogP contribution in [0.4, 0.5) is 13.2 Å². The number of carboxylic acids is 1. The van der Waals surface area contributed by atoms with Gasteiger partial charge in [0, 0.05) is 33.1 Å². The summed E-state index contributed by atoms with van der Waals surface area (Å²) in [4.78, 5) is 66.1. The average Bonchev–Trinajstić information content (AvgIpc) is 3.32. The maximum absolute atomic E-state index is 14.3. The molecule has 16 heteroatoms. The largest absolute Gasteiger partial charge is 0.476 e. The Kier molecular flexibility index (Phi) is 9.89. The van der Waals surface area contributed by atoms with Crippen molar-refractivity contribution in [2.75, 3.05) is 6.61 Å². The molecule has 2 heterocycles. The van der Waals surface area contributed by atoms with Gasteiger partial charge >= 0.3 is 36.0 Å². The van der Waals surface area contributed by atoms with Crippen LogP contribution in [-0.2, 0) is 49.0 Å². The maximum Gasteiger partial charge on any atom is 0.417 e. The summed E-state index contributed by atoms with van der Waals surface area (Å²) in [6.07, 6.45) is -13.3. The topological polar surface area (TPSA) is 166 Å². The van der Waals surface area contributed by atoms with Crippen molar-refractivity contribution in [1.82, 2.24) is 4.73 Å². The minimum Gasteiger partial charge on any atom is -0.476 e. The smallest absolute Gasteiger partial charge is 0.417 e. The number of aromatic nitrogens is 1. The molecule has 1 aliphatic heterocycles. The van der Waals surface area contributed by atoms with Crippen LogP contribution in [0, 0.1) is 0 Å². The Balaban J connectivity index is 1.93. The minimum atomic E-state index is -4.93. The molecule has 0 bridgehead atoms. The van der Waals surface area contributed by atoms with Gasteiger partial charge in [-0.3, -0.25) is 19.2 Å². The first kappa shape index (κ1) is 33.8. The number of rotatable bonds is 9. The normalized spacial score (nSPS) is 21.2. The van der Waals surface area contributed by atoms with Crippen LogP contribution in [0.1, 0.15) is 43.7 Å². The lowest BCUT2D eigenvalue weighted by atomic mass is 9.98. The molecule has 46 heavy (non-hydrogen) atoms. The van der Waals surface area contributed by atoms with Crippen molar-refractivity contribution in [2.45, 2.75) is 64.6 Å². The summed E-state index contributed by atoms with van der Waals surface area (Å²) in [5.41, 5.74) is -1.89. The molecule has 1 saturated heterocycles. The van der Waals surface area contributed by atoms with Crippen LogP contribution in [0.15, 0.2) is 48.5 Å². The molecule has 13 nitrogen and oxygen atoms in total. The molecule has 1 N–H and O–H groups in total. The number of esters is 4. The highest BCUT2D eigenvalue weighted by Gasteiger charge is 2.54. The van der Waals surface area contributed by atoms with Gasteiger partial charge in [0.25, 0.3) is 6.29 Å². The van der Waals surface area contributed by atoms with Gasteiger partial charge in [-0.2, -0.15) is 17.9 Å². The summed E-state index contributed by atoms with van der Waals surface area (Å²) in [6, 6.07) is 10.8. The SMILES string of the molecule is CC(=O)OC[C@H]1O[C@@H](On2c(C(=O)O)cc3c(C(F)(F)F)cc(-c4ccccc4)cc32)[C@H](OC(C)=O)[C@@H](OC(C)=O)[C@@H]1OC(C)=O. The standard InChI is InChI=1S/C30H28F3NO12/c1-14(35)41-13-24-25(42-15(2)36)26(43-16(3)37)27(44-17(4)38)29(45-24)46-34-22-11-19(18-8-6-5-7-9-18)10-21(30(31,32)33)20(22)12-23(34)28(39)40/h5-12,24-27,29H,13H2,1-4H3,(H,39,40)/t24-,25-,26+,27-,29+/m1/s1. The molecule has 3 aromatic rings. The van der Waals surface area contributed by atoms with Gasteiger partial charge in [-0.15, -0.1) is 0 Å². The molecule has 1 fully saturated rings. The third kappa shape index (κ3) is 7.56. The van der Waals surface area contributed by atoms with E-state index in [4.69, 9.17) is 28.5 Å². The summed E-state index contributed by atoms with van der Waals surface area (Å²) < 4.78 is 70.4. The fraction of sp³-hybridized carbons (Fsp3) is 0.367. The number of carbonyl (C=O) groups excluding carboxylic acids is 4. The molecule has 0 radical (unpaired) electrons. The highest BCUT2D eigenvalue weighted by molar-refractivity contribution is 5.97. The first-order valence-corrected chi connectivity index (χ1v) is 13.6. The highest BCUT2D eigenvalue weighted by atomic mass is 19.4. The number of nitrogens with zero attached hydrogens (tertiary/aromatic N) is 1. The zero-order valence-corrected chi connectivity index (χ0v) is 24.7. The zero-order chi connectivity index (χ0) is 33.9. The fourth-order valence-electron chi connectivity index (χ4n) is 4.95. The van der Waals surface area contributed by atoms with Gasteiger partial charge in [0.05, 0.1) is 11.1 Å². The number of fused-ring (bicyclic) bond motifs is 1. The molecule has 0 amide bonds. The number of aromatic carboxylic acids is 1. The number of halogens is 3. The monoisotopic (exact) mass is 651 g/mol. The van der Waals surface area contributed by atoms with E-state index in [9.17, 15) is 42.3 Å². The van der Waals surface area contributed by atoms with Crippen LogP contribution in [0.2, 0.25) is 0 Å². The van der Waals surface area contributed by atoms with Crippen LogP contribution in [0.25, 0.3) is 22.0 Å². The van der Waals surface area contributed by atoms with E-state index in [0.717, 1.165) is 39.8 Å². The van der Waals surface area contributed by atoms with Crippen molar-refractivity contribution >= 4 is 40.7 Å². The van der Waals surface area contributed by atoms with E-state index in [2.05, 4.69) is 0 Å². The van der Waals surface area contributed by atoms with Crippen molar-refractivity contribution in [1.29, 1.82) is 0 Å². The summed E-state index contributed by atoms with van der Waals surface area (Å²) in [7, 11) is 0. The van der Waals surface area contributed by atoms with Crippen LogP contribution in [0.5, 0.6) is 0 Å². The van der Waals surface area contributed by atoms with Gasteiger partial charge in [-0.05, 0) is 29.3 Å². The Morgan fingerprint density at radius 3 is 1.93 bits per heavy atom. The first-order valence-electron chi connectivity index (χ1n) is 13.6. The van der Waals surface area contributed by atoms with E-state index in [1.54, 1.807) is 30.3 Å². The Morgan fingerprint density at radius 2 is 1.39 bits per heavy atom. The van der Waals surface area contributed by atoms with E-state index in [0.29, 0.717) is 10.3 Å². The summed E-state index contributed by atoms with van der Waals surface area (Å²) in [6.45, 7) is 3.44. The van der Waals surface area contributed by atoms with E-state index in [1.165, 1.54) is 6.07 Å². The van der Waals surface area contributed by atoms with Gasteiger partial charge < -0.3 is 33.6 Å². The van der Waals surface area contributed by atoms with Gasteiger partial charge in [-0.25, -0.2) is 4.79 Å². The van der Waals surface area contributed by atoms with Crippen LogP contribution in [0.3, 0.4) is 0 Å². The number of benzene rings is 2. The molecule has 0 unspecified atom stereocenters. The number of hydrogen-bond donors (Lipinski definition) is 1. The third-order valence-electron chi connectivity index (χ3n) is 6.67. The third-order valence-corrected chi connectivity index (χ3v) is 6.67. The molecule has 2 aromatic carbocycles. The molecule has 0 saturated carbocycles. The highest BCUT2D eigenvalue weighted by Crippen LogP contribution is 2.40. The summed E-state index contributed by atoms with van der Waals surface area (Å²) in [5, 5.41) is 9.46.